The van der Waals surface area contributed by atoms with Crippen molar-refractivity contribution in [3.8, 4) is 0 Å². The van der Waals surface area contributed by atoms with Gasteiger partial charge in [-0.15, -0.1) is 0 Å². The fraction of sp³-hybridized carbons (Fsp3) is 0.696. The molecule has 2 heteroatoms. The van der Waals surface area contributed by atoms with Crippen LogP contribution in [0.3, 0.4) is 0 Å². The Kier molecular flexibility index (Phi) is 14.8. The molecule has 25 heavy (non-hydrogen) atoms. The predicted molar refractivity (Wildman–Crippen MR) is 114 cm³/mol. The maximum absolute atomic E-state index is 5.87. The van der Waals surface area contributed by atoms with E-state index in [0.29, 0.717) is 0 Å². The van der Waals surface area contributed by atoms with Gasteiger partial charge in [0, 0.05) is 17.8 Å². The second kappa shape index (κ2) is 16.6. The van der Waals surface area contributed by atoms with Crippen LogP contribution >= 0.6 is 11.6 Å². The summed E-state index contributed by atoms with van der Waals surface area (Å²) in [6.45, 7) is 3.23. The SMILES string of the molecule is CCCCCCCCCCCCCCCCN=Cc1ccc(Cl)cc1. The zero-order valence-electron chi connectivity index (χ0n) is 16.3. The van der Waals surface area contributed by atoms with Gasteiger partial charge in [-0.25, -0.2) is 0 Å². The van der Waals surface area contributed by atoms with E-state index in [9.17, 15) is 0 Å². The first-order valence-corrected chi connectivity index (χ1v) is 11.0. The Morgan fingerprint density at radius 3 is 1.60 bits per heavy atom. The highest BCUT2D eigenvalue weighted by Gasteiger charge is 1.94. The summed E-state index contributed by atoms with van der Waals surface area (Å²) in [5, 5.41) is 0.782. The van der Waals surface area contributed by atoms with Crippen molar-refractivity contribution in [2.24, 2.45) is 4.99 Å². The Labute approximate surface area is 161 Å². The molecule has 0 spiro atoms. The summed E-state index contributed by atoms with van der Waals surface area (Å²) in [4.78, 5) is 4.50. The highest BCUT2D eigenvalue weighted by Crippen LogP contribution is 2.13. The van der Waals surface area contributed by atoms with Crippen LogP contribution in [0.25, 0.3) is 0 Å². The summed E-state index contributed by atoms with van der Waals surface area (Å²) in [6, 6.07) is 7.85. The van der Waals surface area contributed by atoms with Gasteiger partial charge < -0.3 is 0 Å². The van der Waals surface area contributed by atoms with Crippen LogP contribution in [0.5, 0.6) is 0 Å². The van der Waals surface area contributed by atoms with Crippen LogP contribution in [0.15, 0.2) is 29.3 Å². The van der Waals surface area contributed by atoms with Gasteiger partial charge in [-0.1, -0.05) is 114 Å². The molecule has 0 aliphatic heterocycles. The molecule has 142 valence electrons. The number of aliphatic imine (C=N–C) groups is 1. The highest BCUT2D eigenvalue weighted by atomic mass is 35.5. The first-order chi connectivity index (χ1) is 12.3. The standard InChI is InChI=1S/C23H38ClN/c1-2-3-4-5-6-7-8-9-10-11-12-13-14-15-20-25-21-22-16-18-23(24)19-17-22/h16-19,21H,2-15,20H2,1H3. The molecule has 0 radical (unpaired) electrons. The summed E-state index contributed by atoms with van der Waals surface area (Å²) < 4.78 is 0. The minimum absolute atomic E-state index is 0.782. The minimum atomic E-state index is 0.782. The number of benzene rings is 1. The Morgan fingerprint density at radius 1 is 0.680 bits per heavy atom. The molecule has 0 fully saturated rings. The van der Waals surface area contributed by atoms with Crippen molar-refractivity contribution >= 4 is 17.8 Å². The molecule has 0 aliphatic carbocycles. The van der Waals surface area contributed by atoms with Crippen LogP contribution in [0, 0.1) is 0 Å². The van der Waals surface area contributed by atoms with E-state index in [1.807, 2.05) is 30.5 Å². The third-order valence-electron chi connectivity index (χ3n) is 4.75. The van der Waals surface area contributed by atoms with Gasteiger partial charge >= 0.3 is 0 Å². The molecule has 0 unspecified atom stereocenters. The fourth-order valence-electron chi connectivity index (χ4n) is 3.12. The van der Waals surface area contributed by atoms with E-state index in [2.05, 4.69) is 11.9 Å². The van der Waals surface area contributed by atoms with E-state index < -0.39 is 0 Å². The van der Waals surface area contributed by atoms with Gasteiger partial charge in [0.15, 0.2) is 0 Å². The molecule has 0 saturated carbocycles. The Morgan fingerprint density at radius 2 is 1.12 bits per heavy atom. The minimum Gasteiger partial charge on any atom is -0.293 e. The van der Waals surface area contributed by atoms with Crippen LogP contribution in [-0.2, 0) is 0 Å². The summed E-state index contributed by atoms with van der Waals surface area (Å²) in [5.74, 6) is 0. The lowest BCUT2D eigenvalue weighted by Gasteiger charge is -2.02. The van der Waals surface area contributed by atoms with Gasteiger partial charge in [-0.05, 0) is 24.1 Å². The highest BCUT2D eigenvalue weighted by molar-refractivity contribution is 6.30. The van der Waals surface area contributed by atoms with E-state index >= 15 is 0 Å². The monoisotopic (exact) mass is 363 g/mol. The normalized spacial score (nSPS) is 11.4. The molecule has 0 saturated heterocycles. The average Bonchev–Trinajstić information content (AvgIpc) is 2.63. The summed E-state index contributed by atoms with van der Waals surface area (Å²) in [6.07, 6.45) is 21.6. The molecule has 0 atom stereocenters. The Balaban J connectivity index is 1.79. The first-order valence-electron chi connectivity index (χ1n) is 10.6. The van der Waals surface area contributed by atoms with Crippen molar-refractivity contribution in [2.75, 3.05) is 6.54 Å². The molecule has 0 amide bonds. The second-order valence-electron chi connectivity index (χ2n) is 7.18. The van der Waals surface area contributed by atoms with Crippen molar-refractivity contribution in [1.29, 1.82) is 0 Å². The van der Waals surface area contributed by atoms with Gasteiger partial charge in [0.05, 0.1) is 0 Å². The van der Waals surface area contributed by atoms with E-state index in [4.69, 9.17) is 11.6 Å². The number of hydrogen-bond acceptors (Lipinski definition) is 1. The summed E-state index contributed by atoms with van der Waals surface area (Å²) >= 11 is 5.87. The molecule has 1 aromatic carbocycles. The van der Waals surface area contributed by atoms with Crippen LogP contribution in [-0.4, -0.2) is 12.8 Å². The molecular weight excluding hydrogens is 326 g/mol. The summed E-state index contributed by atoms with van der Waals surface area (Å²) in [5.41, 5.74) is 1.13. The van der Waals surface area contributed by atoms with E-state index in [0.717, 1.165) is 17.1 Å². The molecule has 0 N–H and O–H groups in total. The maximum Gasteiger partial charge on any atom is 0.0406 e. The van der Waals surface area contributed by atoms with E-state index in [-0.39, 0.29) is 0 Å². The predicted octanol–water partition coefficient (Wildman–Crippen LogP) is 8.24. The molecule has 1 rings (SSSR count). The number of rotatable bonds is 16. The molecule has 0 bridgehead atoms. The van der Waals surface area contributed by atoms with Gasteiger partial charge in [-0.3, -0.25) is 4.99 Å². The first kappa shape index (κ1) is 22.2. The summed E-state index contributed by atoms with van der Waals surface area (Å²) in [7, 11) is 0. The lowest BCUT2D eigenvalue weighted by atomic mass is 10.0. The van der Waals surface area contributed by atoms with Crippen LogP contribution in [0.1, 0.15) is 102 Å². The second-order valence-corrected chi connectivity index (χ2v) is 7.62. The lowest BCUT2D eigenvalue weighted by Crippen LogP contribution is -1.86. The molecule has 1 aromatic rings. The van der Waals surface area contributed by atoms with Gasteiger partial charge in [0.2, 0.25) is 0 Å². The van der Waals surface area contributed by atoms with Crippen molar-refractivity contribution in [1.82, 2.24) is 0 Å². The topological polar surface area (TPSA) is 12.4 Å². The zero-order valence-corrected chi connectivity index (χ0v) is 17.1. The van der Waals surface area contributed by atoms with Crippen LogP contribution in [0.4, 0.5) is 0 Å². The largest absolute Gasteiger partial charge is 0.293 e. The van der Waals surface area contributed by atoms with Crippen molar-refractivity contribution in [2.45, 2.75) is 96.8 Å². The van der Waals surface area contributed by atoms with Gasteiger partial charge in [0.25, 0.3) is 0 Å². The molecular formula is C23H38ClN. The quantitative estimate of drug-likeness (QED) is 0.207. The van der Waals surface area contributed by atoms with E-state index in [1.165, 1.54) is 89.9 Å². The van der Waals surface area contributed by atoms with Crippen LogP contribution in [0.2, 0.25) is 5.02 Å². The van der Waals surface area contributed by atoms with Crippen molar-refractivity contribution in [3.05, 3.63) is 34.9 Å². The average molecular weight is 364 g/mol. The molecule has 1 nitrogen and oxygen atoms in total. The zero-order chi connectivity index (χ0) is 18.0. The number of halogens is 1. The number of nitrogens with zero attached hydrogens (tertiary/aromatic N) is 1. The van der Waals surface area contributed by atoms with Gasteiger partial charge in [0.1, 0.15) is 0 Å². The lowest BCUT2D eigenvalue weighted by molar-refractivity contribution is 0.536. The molecule has 0 aromatic heterocycles. The molecule has 0 aliphatic rings. The third-order valence-corrected chi connectivity index (χ3v) is 5.00. The van der Waals surface area contributed by atoms with Crippen LogP contribution < -0.4 is 0 Å². The smallest absolute Gasteiger partial charge is 0.0406 e. The fourth-order valence-corrected chi connectivity index (χ4v) is 3.24. The van der Waals surface area contributed by atoms with Gasteiger partial charge in [-0.2, -0.15) is 0 Å². The Bertz CT molecular complexity index is 424. The van der Waals surface area contributed by atoms with Crippen molar-refractivity contribution < 1.29 is 0 Å². The van der Waals surface area contributed by atoms with Crippen molar-refractivity contribution in [3.63, 3.8) is 0 Å². The number of hydrogen-bond donors (Lipinski definition) is 0. The Hall–Kier alpha value is -0.820. The maximum atomic E-state index is 5.87. The molecule has 0 heterocycles. The van der Waals surface area contributed by atoms with E-state index in [1.54, 1.807) is 0 Å². The third kappa shape index (κ3) is 14.1. The number of unbranched alkanes of at least 4 members (excludes halogenated alkanes) is 13.